The highest BCUT2D eigenvalue weighted by Gasteiger charge is 1.99. The minimum Gasteiger partial charge on any atom is -0.439 e. The van der Waals surface area contributed by atoms with Gasteiger partial charge in [-0.05, 0) is 12.1 Å². The van der Waals surface area contributed by atoms with Crippen LogP contribution in [-0.2, 0) is 0 Å². The van der Waals surface area contributed by atoms with Crippen molar-refractivity contribution in [1.82, 2.24) is 0 Å². The van der Waals surface area contributed by atoms with Crippen LogP contribution in [0.4, 0.5) is 0 Å². The number of ether oxygens (including phenoxy) is 1. The molecular weight excluding hydrogens is 210 g/mol. The zero-order chi connectivity index (χ0) is 13.7. The van der Waals surface area contributed by atoms with Crippen LogP contribution < -0.4 is 4.74 Å². The number of hydrogen-bond donors (Lipinski definition) is 1. The van der Waals surface area contributed by atoms with Crippen molar-refractivity contribution in [2.24, 2.45) is 0 Å². The first-order chi connectivity index (χ1) is 8.27. The second-order valence-electron chi connectivity index (χ2n) is 2.41. The van der Waals surface area contributed by atoms with E-state index in [0.29, 0.717) is 5.75 Å². The third-order valence-electron chi connectivity index (χ3n) is 1.54. The van der Waals surface area contributed by atoms with Crippen molar-refractivity contribution in [2.45, 2.75) is 27.7 Å². The Bertz CT molecular complexity index is 343. The van der Waals surface area contributed by atoms with Gasteiger partial charge in [-0.2, -0.15) is 0 Å². The molecule has 0 amide bonds. The molecule has 0 heterocycles. The third kappa shape index (κ3) is 7.12. The van der Waals surface area contributed by atoms with Crippen molar-refractivity contribution in [3.05, 3.63) is 49.1 Å². The fourth-order valence-electron chi connectivity index (χ4n) is 0.902. The van der Waals surface area contributed by atoms with Gasteiger partial charge in [0.15, 0.2) is 0 Å². The van der Waals surface area contributed by atoms with Gasteiger partial charge in [0.2, 0.25) is 5.90 Å². The molecule has 0 atom stereocenters. The van der Waals surface area contributed by atoms with Crippen LogP contribution in [0, 0.1) is 5.41 Å². The molecule has 2 heteroatoms. The zero-order valence-corrected chi connectivity index (χ0v) is 11.3. The minimum absolute atomic E-state index is 0.0364. The summed E-state index contributed by atoms with van der Waals surface area (Å²) in [5, 5.41) is 7.27. The lowest BCUT2D eigenvalue weighted by molar-refractivity contribution is 0.549. The molecule has 0 aliphatic heterocycles. The van der Waals surface area contributed by atoms with Crippen molar-refractivity contribution >= 4 is 12.0 Å². The maximum Gasteiger partial charge on any atom is 0.211 e. The Balaban J connectivity index is 0. The van der Waals surface area contributed by atoms with Gasteiger partial charge in [0, 0.05) is 5.56 Å². The van der Waals surface area contributed by atoms with Crippen LogP contribution in [0.3, 0.4) is 0 Å². The molecule has 0 fully saturated rings. The van der Waals surface area contributed by atoms with E-state index < -0.39 is 0 Å². The van der Waals surface area contributed by atoms with E-state index in [1.165, 1.54) is 6.08 Å². The lowest BCUT2D eigenvalue weighted by Crippen LogP contribution is -2.02. The minimum atomic E-state index is 0.0364. The molecule has 0 aliphatic carbocycles. The van der Waals surface area contributed by atoms with Crippen LogP contribution >= 0.6 is 0 Å². The zero-order valence-electron chi connectivity index (χ0n) is 11.3. The SMILES string of the molecule is C=CC(=N)Oc1ccccc1C=C.CC.CC. The number of benzene rings is 1. The molecule has 0 spiro atoms. The molecule has 1 aromatic rings. The average molecular weight is 233 g/mol. The molecule has 0 aliphatic rings. The third-order valence-corrected chi connectivity index (χ3v) is 1.54. The molecule has 1 aromatic carbocycles. The second kappa shape index (κ2) is 12.2. The van der Waals surface area contributed by atoms with Gasteiger partial charge in [-0.1, -0.05) is 65.1 Å². The number of para-hydroxylation sites is 1. The van der Waals surface area contributed by atoms with Crippen molar-refractivity contribution in [3.8, 4) is 5.75 Å². The monoisotopic (exact) mass is 233 g/mol. The molecule has 0 aromatic heterocycles. The van der Waals surface area contributed by atoms with Gasteiger partial charge >= 0.3 is 0 Å². The summed E-state index contributed by atoms with van der Waals surface area (Å²) in [4.78, 5) is 0. The number of rotatable bonds is 3. The molecule has 1 N–H and O–H groups in total. The second-order valence-corrected chi connectivity index (χ2v) is 2.41. The summed E-state index contributed by atoms with van der Waals surface area (Å²) in [6.45, 7) is 15.1. The molecule has 2 nitrogen and oxygen atoms in total. The van der Waals surface area contributed by atoms with Gasteiger partial charge in [-0.15, -0.1) is 0 Å². The summed E-state index contributed by atoms with van der Waals surface area (Å²) < 4.78 is 5.18. The summed E-state index contributed by atoms with van der Waals surface area (Å²) in [5.41, 5.74) is 0.870. The highest BCUT2D eigenvalue weighted by molar-refractivity contribution is 5.86. The summed E-state index contributed by atoms with van der Waals surface area (Å²) >= 11 is 0. The fourth-order valence-corrected chi connectivity index (χ4v) is 0.902. The van der Waals surface area contributed by atoms with E-state index in [4.69, 9.17) is 10.1 Å². The normalized spacial score (nSPS) is 7.53. The van der Waals surface area contributed by atoms with Crippen LogP contribution in [0.2, 0.25) is 0 Å². The van der Waals surface area contributed by atoms with E-state index in [9.17, 15) is 0 Å². The molecular formula is C15H23NO. The highest BCUT2D eigenvalue weighted by atomic mass is 16.5. The lowest BCUT2D eigenvalue weighted by atomic mass is 10.2. The number of hydrogen-bond acceptors (Lipinski definition) is 2. The van der Waals surface area contributed by atoms with Gasteiger partial charge < -0.3 is 4.74 Å². The molecule has 17 heavy (non-hydrogen) atoms. The Morgan fingerprint density at radius 2 is 1.65 bits per heavy atom. The van der Waals surface area contributed by atoms with Gasteiger partial charge in [-0.25, -0.2) is 0 Å². The lowest BCUT2D eigenvalue weighted by Gasteiger charge is -2.05. The largest absolute Gasteiger partial charge is 0.439 e. The van der Waals surface area contributed by atoms with E-state index in [-0.39, 0.29) is 5.90 Å². The number of nitrogens with one attached hydrogen (secondary N) is 1. The predicted octanol–water partition coefficient (Wildman–Crippen LogP) is 4.92. The first kappa shape index (κ1) is 17.6. The highest BCUT2D eigenvalue weighted by Crippen LogP contribution is 2.18. The topological polar surface area (TPSA) is 33.1 Å². The van der Waals surface area contributed by atoms with E-state index in [2.05, 4.69) is 13.2 Å². The van der Waals surface area contributed by atoms with Gasteiger partial charge in [0.1, 0.15) is 5.75 Å². The van der Waals surface area contributed by atoms with Crippen LogP contribution in [0.5, 0.6) is 5.75 Å². The average Bonchev–Trinajstić information content (AvgIpc) is 2.43. The van der Waals surface area contributed by atoms with Crippen LogP contribution in [0.25, 0.3) is 6.08 Å². The molecule has 1 rings (SSSR count). The van der Waals surface area contributed by atoms with Crippen molar-refractivity contribution < 1.29 is 4.74 Å². The summed E-state index contributed by atoms with van der Waals surface area (Å²) in [5.74, 6) is 0.664. The van der Waals surface area contributed by atoms with E-state index in [1.807, 2.05) is 45.9 Å². The Labute approximate surface area is 105 Å². The van der Waals surface area contributed by atoms with E-state index in [0.717, 1.165) is 5.56 Å². The van der Waals surface area contributed by atoms with Gasteiger partial charge in [0.05, 0.1) is 0 Å². The van der Waals surface area contributed by atoms with Gasteiger partial charge in [-0.3, -0.25) is 5.41 Å². The quantitative estimate of drug-likeness (QED) is 0.583. The fraction of sp³-hybridized carbons (Fsp3) is 0.267. The van der Waals surface area contributed by atoms with Crippen molar-refractivity contribution in [1.29, 1.82) is 5.41 Å². The summed E-state index contributed by atoms with van der Waals surface area (Å²) in [7, 11) is 0. The Morgan fingerprint density at radius 3 is 2.12 bits per heavy atom. The molecule has 0 saturated heterocycles. The smallest absolute Gasteiger partial charge is 0.211 e. The van der Waals surface area contributed by atoms with Crippen LogP contribution in [0.1, 0.15) is 33.3 Å². The molecule has 0 unspecified atom stereocenters. The van der Waals surface area contributed by atoms with E-state index in [1.54, 1.807) is 12.1 Å². The first-order valence-corrected chi connectivity index (χ1v) is 5.88. The predicted molar refractivity (Wildman–Crippen MR) is 77.8 cm³/mol. The molecule has 94 valence electrons. The molecule has 0 bridgehead atoms. The van der Waals surface area contributed by atoms with Crippen molar-refractivity contribution in [2.75, 3.05) is 0 Å². The summed E-state index contributed by atoms with van der Waals surface area (Å²) in [6.07, 6.45) is 3.03. The Morgan fingerprint density at radius 1 is 1.12 bits per heavy atom. The molecule has 0 radical (unpaired) electrons. The Hall–Kier alpha value is -1.83. The maximum absolute atomic E-state index is 7.27. The van der Waals surface area contributed by atoms with Crippen LogP contribution in [-0.4, -0.2) is 5.90 Å². The molecule has 0 saturated carbocycles. The standard InChI is InChI=1S/C11H11NO.2C2H6/c1-3-9-7-5-6-8-10(9)13-11(12)4-2;2*1-2/h3-8,12H,1-2H2;2*1-2H3. The Kier molecular flexibility index (Phi) is 12.6. The van der Waals surface area contributed by atoms with E-state index >= 15 is 0 Å². The first-order valence-electron chi connectivity index (χ1n) is 5.88. The van der Waals surface area contributed by atoms with Crippen molar-refractivity contribution in [3.63, 3.8) is 0 Å². The maximum atomic E-state index is 7.27. The van der Waals surface area contributed by atoms with Gasteiger partial charge in [0.25, 0.3) is 0 Å². The summed E-state index contributed by atoms with van der Waals surface area (Å²) in [6, 6.07) is 7.40. The van der Waals surface area contributed by atoms with Crippen LogP contribution in [0.15, 0.2) is 43.5 Å².